The fourth-order valence-corrected chi connectivity index (χ4v) is 2.90. The molecule has 0 fully saturated rings. The highest BCUT2D eigenvalue weighted by Crippen LogP contribution is 2.23. The molecule has 2 N–H and O–H groups in total. The molecule has 0 amide bonds. The molecule has 0 radical (unpaired) electrons. The molecule has 0 bridgehead atoms. The second-order valence-corrected chi connectivity index (χ2v) is 5.93. The van der Waals surface area contributed by atoms with Crippen LogP contribution < -0.4 is 5.73 Å². The van der Waals surface area contributed by atoms with Crippen LogP contribution in [0.15, 0.2) is 34.1 Å². The van der Waals surface area contributed by atoms with Crippen molar-refractivity contribution in [3.05, 3.63) is 50.4 Å². The quantitative estimate of drug-likeness (QED) is 0.938. The molecule has 4 heteroatoms. The number of hydrogen-bond donors (Lipinski definition) is 1. The van der Waals surface area contributed by atoms with E-state index in [4.69, 9.17) is 5.73 Å². The van der Waals surface area contributed by atoms with E-state index in [1.165, 1.54) is 10.6 Å². The number of rotatable bonds is 4. The van der Waals surface area contributed by atoms with Crippen molar-refractivity contribution in [3.8, 4) is 0 Å². The Morgan fingerprint density at radius 2 is 2.06 bits per heavy atom. The molecule has 0 aliphatic heterocycles. The second-order valence-electron chi connectivity index (χ2n) is 4.07. The van der Waals surface area contributed by atoms with Gasteiger partial charge in [-0.15, -0.1) is 11.3 Å². The smallest absolute Gasteiger partial charge is 0.0934 e. The van der Waals surface area contributed by atoms with Crippen molar-refractivity contribution in [3.63, 3.8) is 0 Å². The number of nitrogens with two attached hydrogens (primary N) is 1. The predicted molar refractivity (Wildman–Crippen MR) is 76.5 cm³/mol. The SMILES string of the molecule is Cc1csc(CC(CN)c2ccc(Br)cc2)n1. The number of aryl methyl sites for hydroxylation is 1. The molecular formula is C13H15BrN2S. The van der Waals surface area contributed by atoms with Crippen molar-refractivity contribution in [1.29, 1.82) is 0 Å². The first-order valence-corrected chi connectivity index (χ1v) is 7.23. The molecule has 1 aromatic heterocycles. The third kappa shape index (κ3) is 3.37. The molecule has 90 valence electrons. The van der Waals surface area contributed by atoms with Crippen molar-refractivity contribution < 1.29 is 0 Å². The van der Waals surface area contributed by atoms with Crippen molar-refractivity contribution >= 4 is 27.3 Å². The predicted octanol–water partition coefficient (Wildman–Crippen LogP) is 3.50. The van der Waals surface area contributed by atoms with Crippen molar-refractivity contribution in [2.75, 3.05) is 6.54 Å². The Labute approximate surface area is 114 Å². The molecule has 1 atom stereocenters. The van der Waals surface area contributed by atoms with E-state index in [-0.39, 0.29) is 0 Å². The van der Waals surface area contributed by atoms with Crippen LogP contribution in [-0.4, -0.2) is 11.5 Å². The van der Waals surface area contributed by atoms with E-state index in [0.717, 1.165) is 16.6 Å². The standard InChI is InChI=1S/C13H15BrN2S/c1-9-8-17-13(16-9)6-11(7-15)10-2-4-12(14)5-3-10/h2-5,8,11H,6-7,15H2,1H3. The maximum Gasteiger partial charge on any atom is 0.0934 e. The van der Waals surface area contributed by atoms with Crippen LogP contribution in [0, 0.1) is 6.92 Å². The van der Waals surface area contributed by atoms with Crippen LogP contribution in [0.5, 0.6) is 0 Å². The Bertz CT molecular complexity index is 478. The third-order valence-electron chi connectivity index (χ3n) is 2.71. The first kappa shape index (κ1) is 12.7. The van der Waals surface area contributed by atoms with E-state index >= 15 is 0 Å². The van der Waals surface area contributed by atoms with Gasteiger partial charge in [0.2, 0.25) is 0 Å². The topological polar surface area (TPSA) is 38.9 Å². The number of aromatic nitrogens is 1. The molecule has 1 heterocycles. The van der Waals surface area contributed by atoms with Crippen LogP contribution in [0.1, 0.15) is 22.2 Å². The van der Waals surface area contributed by atoms with Crippen LogP contribution in [0.4, 0.5) is 0 Å². The average molecular weight is 311 g/mol. The Morgan fingerprint density at radius 3 is 2.59 bits per heavy atom. The highest BCUT2D eigenvalue weighted by molar-refractivity contribution is 9.10. The van der Waals surface area contributed by atoms with Gasteiger partial charge in [0.15, 0.2) is 0 Å². The molecule has 1 unspecified atom stereocenters. The van der Waals surface area contributed by atoms with E-state index in [1.807, 2.05) is 6.92 Å². The minimum Gasteiger partial charge on any atom is -0.330 e. The number of benzene rings is 1. The Kier molecular flexibility index (Phi) is 4.31. The van der Waals surface area contributed by atoms with Crippen LogP contribution in [0.3, 0.4) is 0 Å². The van der Waals surface area contributed by atoms with Gasteiger partial charge in [-0.2, -0.15) is 0 Å². The van der Waals surface area contributed by atoms with Crippen LogP contribution in [-0.2, 0) is 6.42 Å². The first-order chi connectivity index (χ1) is 8.19. The van der Waals surface area contributed by atoms with Gasteiger partial charge in [-0.1, -0.05) is 28.1 Å². The summed E-state index contributed by atoms with van der Waals surface area (Å²) in [5.74, 6) is 0.355. The van der Waals surface area contributed by atoms with Gasteiger partial charge in [-0.3, -0.25) is 0 Å². The maximum absolute atomic E-state index is 5.86. The summed E-state index contributed by atoms with van der Waals surface area (Å²) < 4.78 is 1.10. The fourth-order valence-electron chi connectivity index (χ4n) is 1.78. The second kappa shape index (κ2) is 5.76. The van der Waals surface area contributed by atoms with E-state index in [2.05, 4.69) is 50.6 Å². The molecule has 17 heavy (non-hydrogen) atoms. The maximum atomic E-state index is 5.86. The van der Waals surface area contributed by atoms with Gasteiger partial charge in [-0.05, 0) is 31.2 Å². The van der Waals surface area contributed by atoms with Crippen molar-refractivity contribution in [1.82, 2.24) is 4.98 Å². The molecule has 0 saturated carbocycles. The summed E-state index contributed by atoms with van der Waals surface area (Å²) in [6, 6.07) is 8.38. The summed E-state index contributed by atoms with van der Waals surface area (Å²) >= 11 is 5.16. The Balaban J connectivity index is 2.13. The number of halogens is 1. The summed E-state index contributed by atoms with van der Waals surface area (Å²) in [5.41, 5.74) is 8.24. The Hall–Kier alpha value is -0.710. The van der Waals surface area contributed by atoms with E-state index in [0.29, 0.717) is 12.5 Å². The molecule has 0 aliphatic carbocycles. The minimum atomic E-state index is 0.355. The molecular weight excluding hydrogens is 296 g/mol. The highest BCUT2D eigenvalue weighted by atomic mass is 79.9. The summed E-state index contributed by atoms with van der Waals surface area (Å²) in [6.45, 7) is 2.68. The average Bonchev–Trinajstić information content (AvgIpc) is 2.73. The van der Waals surface area contributed by atoms with E-state index < -0.39 is 0 Å². The summed E-state index contributed by atoms with van der Waals surface area (Å²) in [5, 5.41) is 3.26. The molecule has 2 aromatic rings. The lowest BCUT2D eigenvalue weighted by atomic mass is 9.96. The van der Waals surface area contributed by atoms with Crippen LogP contribution in [0.2, 0.25) is 0 Å². The number of thiazole rings is 1. The zero-order valence-corrected chi connectivity index (χ0v) is 12.1. The zero-order chi connectivity index (χ0) is 12.3. The normalized spacial score (nSPS) is 12.6. The van der Waals surface area contributed by atoms with Crippen molar-refractivity contribution in [2.45, 2.75) is 19.3 Å². The summed E-state index contributed by atoms with van der Waals surface area (Å²) in [7, 11) is 0. The third-order valence-corrected chi connectivity index (χ3v) is 4.23. The summed E-state index contributed by atoms with van der Waals surface area (Å²) in [4.78, 5) is 4.50. The highest BCUT2D eigenvalue weighted by Gasteiger charge is 2.12. The van der Waals surface area contributed by atoms with Crippen molar-refractivity contribution in [2.24, 2.45) is 5.73 Å². The van der Waals surface area contributed by atoms with Gasteiger partial charge in [0.05, 0.1) is 5.01 Å². The van der Waals surface area contributed by atoms with Gasteiger partial charge in [0.1, 0.15) is 0 Å². The molecule has 0 saturated heterocycles. The van der Waals surface area contributed by atoms with Gasteiger partial charge in [0, 0.05) is 27.9 Å². The first-order valence-electron chi connectivity index (χ1n) is 5.55. The number of hydrogen-bond acceptors (Lipinski definition) is 3. The lowest BCUT2D eigenvalue weighted by Gasteiger charge is -2.13. The van der Waals surface area contributed by atoms with Gasteiger partial charge in [-0.25, -0.2) is 4.98 Å². The van der Waals surface area contributed by atoms with Crippen LogP contribution >= 0.6 is 27.3 Å². The molecule has 2 rings (SSSR count). The van der Waals surface area contributed by atoms with Gasteiger partial charge in [0.25, 0.3) is 0 Å². The minimum absolute atomic E-state index is 0.355. The van der Waals surface area contributed by atoms with E-state index in [9.17, 15) is 0 Å². The zero-order valence-electron chi connectivity index (χ0n) is 9.69. The fraction of sp³-hybridized carbons (Fsp3) is 0.308. The number of nitrogens with zero attached hydrogens (tertiary/aromatic N) is 1. The van der Waals surface area contributed by atoms with Crippen LogP contribution in [0.25, 0.3) is 0 Å². The van der Waals surface area contributed by atoms with Gasteiger partial charge >= 0.3 is 0 Å². The molecule has 2 nitrogen and oxygen atoms in total. The van der Waals surface area contributed by atoms with Gasteiger partial charge < -0.3 is 5.73 Å². The largest absolute Gasteiger partial charge is 0.330 e. The molecule has 0 spiro atoms. The van der Waals surface area contributed by atoms with E-state index in [1.54, 1.807) is 11.3 Å². The summed E-state index contributed by atoms with van der Waals surface area (Å²) in [6.07, 6.45) is 0.927. The lowest BCUT2D eigenvalue weighted by molar-refractivity contribution is 0.690. The Morgan fingerprint density at radius 1 is 1.35 bits per heavy atom. The molecule has 0 aliphatic rings. The monoisotopic (exact) mass is 310 g/mol. The lowest BCUT2D eigenvalue weighted by Crippen LogP contribution is -2.14. The molecule has 1 aromatic carbocycles.